The zero-order chi connectivity index (χ0) is 10.7. The van der Waals surface area contributed by atoms with Gasteiger partial charge in [-0.05, 0) is 44.0 Å². The van der Waals surface area contributed by atoms with Crippen LogP contribution in [0.4, 0.5) is 8.78 Å². The fraction of sp³-hybridized carbons (Fsp3) is 0.545. The number of hydrogen-bond donors (Lipinski definition) is 1. The minimum Gasteiger partial charge on any atom is -0.317 e. The molecule has 2 heterocycles. The molecule has 1 unspecified atom stereocenters. The summed E-state index contributed by atoms with van der Waals surface area (Å²) in [5, 5.41) is 3.18. The third-order valence-corrected chi connectivity index (χ3v) is 2.83. The standard InChI is InChI=1S/C11H14F2N2/c12-9-1-2-10(15-7-9)11(13)8-3-5-14-6-4-8/h1-2,7-8,11,14H,3-6H2. The van der Waals surface area contributed by atoms with E-state index in [1.54, 1.807) is 0 Å². The molecule has 1 aliphatic heterocycles. The van der Waals surface area contributed by atoms with Crippen molar-refractivity contribution in [1.29, 1.82) is 0 Å². The predicted octanol–water partition coefficient (Wildman–Crippen LogP) is 2.23. The summed E-state index contributed by atoms with van der Waals surface area (Å²) >= 11 is 0. The number of nitrogens with zero attached hydrogens (tertiary/aromatic N) is 1. The van der Waals surface area contributed by atoms with Crippen LogP contribution < -0.4 is 5.32 Å². The number of rotatable bonds is 2. The molecule has 2 nitrogen and oxygen atoms in total. The summed E-state index contributed by atoms with van der Waals surface area (Å²) in [6.07, 6.45) is 1.65. The van der Waals surface area contributed by atoms with Crippen LogP contribution in [0, 0.1) is 11.7 Å². The smallest absolute Gasteiger partial charge is 0.145 e. The molecular formula is C11H14F2N2. The van der Waals surface area contributed by atoms with E-state index < -0.39 is 12.0 Å². The molecule has 4 heteroatoms. The number of pyridine rings is 1. The Labute approximate surface area is 87.7 Å². The number of piperidine rings is 1. The van der Waals surface area contributed by atoms with E-state index >= 15 is 0 Å². The van der Waals surface area contributed by atoms with Gasteiger partial charge in [-0.2, -0.15) is 0 Å². The van der Waals surface area contributed by atoms with Gasteiger partial charge < -0.3 is 5.32 Å². The first-order chi connectivity index (χ1) is 7.27. The molecule has 1 aliphatic rings. The van der Waals surface area contributed by atoms with Crippen LogP contribution in [-0.2, 0) is 0 Å². The van der Waals surface area contributed by atoms with Gasteiger partial charge in [0.2, 0.25) is 0 Å². The Morgan fingerprint density at radius 3 is 2.67 bits per heavy atom. The fourth-order valence-electron chi connectivity index (χ4n) is 1.93. The summed E-state index contributed by atoms with van der Waals surface area (Å²) in [4.78, 5) is 3.78. The Morgan fingerprint density at radius 2 is 2.07 bits per heavy atom. The lowest BCUT2D eigenvalue weighted by atomic mass is 9.91. The van der Waals surface area contributed by atoms with Gasteiger partial charge in [0.25, 0.3) is 0 Å². The lowest BCUT2D eigenvalue weighted by Gasteiger charge is -2.25. The van der Waals surface area contributed by atoms with Gasteiger partial charge in [-0.1, -0.05) is 0 Å². The molecule has 15 heavy (non-hydrogen) atoms. The highest BCUT2D eigenvalue weighted by Crippen LogP contribution is 2.30. The third-order valence-electron chi connectivity index (χ3n) is 2.83. The summed E-state index contributed by atoms with van der Waals surface area (Å²) in [7, 11) is 0. The molecule has 0 bridgehead atoms. The van der Waals surface area contributed by atoms with Crippen LogP contribution in [0.1, 0.15) is 24.7 Å². The highest BCUT2D eigenvalue weighted by molar-refractivity contribution is 5.09. The molecule has 1 fully saturated rings. The van der Waals surface area contributed by atoms with Crippen molar-refractivity contribution in [3.8, 4) is 0 Å². The van der Waals surface area contributed by atoms with Gasteiger partial charge in [-0.25, -0.2) is 8.78 Å². The van der Waals surface area contributed by atoms with Crippen molar-refractivity contribution in [3.63, 3.8) is 0 Å². The number of hydrogen-bond acceptors (Lipinski definition) is 2. The molecule has 0 spiro atoms. The topological polar surface area (TPSA) is 24.9 Å². The maximum absolute atomic E-state index is 13.9. The maximum atomic E-state index is 13.9. The zero-order valence-electron chi connectivity index (χ0n) is 8.42. The van der Waals surface area contributed by atoms with Crippen LogP contribution in [0.2, 0.25) is 0 Å². The van der Waals surface area contributed by atoms with Gasteiger partial charge in [0.15, 0.2) is 0 Å². The Morgan fingerprint density at radius 1 is 1.33 bits per heavy atom. The van der Waals surface area contributed by atoms with E-state index in [1.807, 2.05) is 0 Å². The first kappa shape index (κ1) is 10.5. The van der Waals surface area contributed by atoms with Crippen LogP contribution in [0.3, 0.4) is 0 Å². The summed E-state index contributed by atoms with van der Waals surface area (Å²) in [6, 6.07) is 2.69. The lowest BCUT2D eigenvalue weighted by Crippen LogP contribution is -2.30. The SMILES string of the molecule is Fc1ccc(C(F)C2CCNCC2)nc1. The fourth-order valence-corrected chi connectivity index (χ4v) is 1.93. The minimum atomic E-state index is -1.06. The average molecular weight is 212 g/mol. The van der Waals surface area contributed by atoms with Gasteiger partial charge in [-0.3, -0.25) is 4.98 Å². The van der Waals surface area contributed by atoms with Crippen molar-refractivity contribution >= 4 is 0 Å². The molecule has 82 valence electrons. The molecular weight excluding hydrogens is 198 g/mol. The Balaban J connectivity index is 2.05. The number of alkyl halides is 1. The largest absolute Gasteiger partial charge is 0.317 e. The van der Waals surface area contributed by atoms with E-state index in [1.165, 1.54) is 12.1 Å². The summed E-state index contributed by atoms with van der Waals surface area (Å²) in [6.45, 7) is 1.71. The summed E-state index contributed by atoms with van der Waals surface area (Å²) in [5.74, 6) is -0.402. The Bertz CT molecular complexity index is 307. The maximum Gasteiger partial charge on any atom is 0.145 e. The van der Waals surface area contributed by atoms with Gasteiger partial charge in [0.05, 0.1) is 11.9 Å². The van der Waals surface area contributed by atoms with Crippen LogP contribution in [0.15, 0.2) is 18.3 Å². The molecule has 1 atom stereocenters. The molecule has 2 rings (SSSR count). The molecule has 0 aliphatic carbocycles. The van der Waals surface area contributed by atoms with E-state index in [0.29, 0.717) is 5.69 Å². The van der Waals surface area contributed by atoms with E-state index in [-0.39, 0.29) is 5.92 Å². The second-order valence-corrected chi connectivity index (χ2v) is 3.89. The second kappa shape index (κ2) is 4.66. The number of aromatic nitrogens is 1. The first-order valence-electron chi connectivity index (χ1n) is 5.23. The predicted molar refractivity (Wildman–Crippen MR) is 53.6 cm³/mol. The molecule has 1 aromatic rings. The minimum absolute atomic E-state index is 0.0178. The quantitative estimate of drug-likeness (QED) is 0.813. The van der Waals surface area contributed by atoms with Crippen LogP contribution >= 0.6 is 0 Å². The van der Waals surface area contributed by atoms with E-state index in [4.69, 9.17) is 0 Å². The van der Waals surface area contributed by atoms with Crippen LogP contribution in [-0.4, -0.2) is 18.1 Å². The highest BCUT2D eigenvalue weighted by atomic mass is 19.1. The van der Waals surface area contributed by atoms with Crippen LogP contribution in [0.5, 0.6) is 0 Å². The summed E-state index contributed by atoms with van der Waals surface area (Å²) < 4.78 is 26.5. The Hall–Kier alpha value is -1.03. The molecule has 0 aromatic carbocycles. The van der Waals surface area contributed by atoms with Gasteiger partial charge in [0.1, 0.15) is 12.0 Å². The van der Waals surface area contributed by atoms with Gasteiger partial charge >= 0.3 is 0 Å². The van der Waals surface area contributed by atoms with Gasteiger partial charge in [0, 0.05) is 0 Å². The van der Waals surface area contributed by atoms with Crippen molar-refractivity contribution in [2.24, 2.45) is 5.92 Å². The highest BCUT2D eigenvalue weighted by Gasteiger charge is 2.25. The van der Waals surface area contributed by atoms with Crippen molar-refractivity contribution < 1.29 is 8.78 Å². The lowest BCUT2D eigenvalue weighted by molar-refractivity contribution is 0.186. The molecule has 1 N–H and O–H groups in total. The number of halogens is 2. The summed E-state index contributed by atoms with van der Waals surface area (Å²) in [5.41, 5.74) is 0.350. The average Bonchev–Trinajstić information content (AvgIpc) is 2.30. The molecule has 0 radical (unpaired) electrons. The Kier molecular flexibility index (Phi) is 3.26. The molecule has 0 saturated carbocycles. The third kappa shape index (κ3) is 2.50. The monoisotopic (exact) mass is 212 g/mol. The van der Waals surface area contributed by atoms with Crippen molar-refractivity contribution in [2.75, 3.05) is 13.1 Å². The first-order valence-corrected chi connectivity index (χ1v) is 5.23. The van der Waals surface area contributed by atoms with E-state index in [0.717, 1.165) is 32.1 Å². The molecule has 0 amide bonds. The normalized spacial score (nSPS) is 20.1. The zero-order valence-corrected chi connectivity index (χ0v) is 8.42. The number of nitrogens with one attached hydrogen (secondary N) is 1. The van der Waals surface area contributed by atoms with Crippen molar-refractivity contribution in [3.05, 3.63) is 29.8 Å². The van der Waals surface area contributed by atoms with E-state index in [2.05, 4.69) is 10.3 Å². The van der Waals surface area contributed by atoms with Gasteiger partial charge in [-0.15, -0.1) is 0 Å². The van der Waals surface area contributed by atoms with Crippen molar-refractivity contribution in [2.45, 2.75) is 19.0 Å². The van der Waals surface area contributed by atoms with Crippen molar-refractivity contribution in [1.82, 2.24) is 10.3 Å². The molecule has 1 aromatic heterocycles. The van der Waals surface area contributed by atoms with Crippen LogP contribution in [0.25, 0.3) is 0 Å². The molecule has 1 saturated heterocycles. The van der Waals surface area contributed by atoms with E-state index in [9.17, 15) is 8.78 Å². The second-order valence-electron chi connectivity index (χ2n) is 3.89.